The maximum absolute atomic E-state index is 6.14. The van der Waals surface area contributed by atoms with Crippen molar-refractivity contribution >= 4 is 7.85 Å². The number of hydrogen-bond donors (Lipinski definition) is 0. The smallest absolute Gasteiger partial charge is 0.0703 e. The van der Waals surface area contributed by atoms with Crippen LogP contribution in [-0.2, 0) is 0 Å². The number of unbranched alkanes of at least 4 members (excludes halogenated alkanes) is 2. The van der Waals surface area contributed by atoms with E-state index in [1.54, 1.807) is 0 Å². The normalized spacial score (nSPS) is 17.0. The highest BCUT2D eigenvalue weighted by Gasteiger charge is 2.24. The first-order valence-corrected chi connectivity index (χ1v) is 5.65. The Bertz CT molecular complexity index is 124. The molecule has 76 valence electrons. The van der Waals surface area contributed by atoms with Crippen LogP contribution in [0.4, 0.5) is 0 Å². The van der Waals surface area contributed by atoms with Crippen molar-refractivity contribution < 1.29 is 0 Å². The van der Waals surface area contributed by atoms with Gasteiger partial charge in [-0.2, -0.15) is 0 Å². The Balaban J connectivity index is 3.76. The second kappa shape index (κ2) is 5.72. The van der Waals surface area contributed by atoms with E-state index < -0.39 is 0 Å². The van der Waals surface area contributed by atoms with Crippen molar-refractivity contribution in [3.8, 4) is 0 Å². The molecule has 0 aliphatic carbocycles. The summed E-state index contributed by atoms with van der Waals surface area (Å²) in [7, 11) is 6.14. The second-order valence-corrected chi connectivity index (χ2v) is 5.31. The summed E-state index contributed by atoms with van der Waals surface area (Å²) in [4.78, 5) is 0. The summed E-state index contributed by atoms with van der Waals surface area (Å²) >= 11 is 0. The molecule has 0 heterocycles. The summed E-state index contributed by atoms with van der Waals surface area (Å²) < 4.78 is 0. The molecular weight excluding hydrogens is 155 g/mol. The molecule has 0 spiro atoms. The molecule has 2 radical (unpaired) electrons. The van der Waals surface area contributed by atoms with Crippen LogP contribution in [-0.4, -0.2) is 7.85 Å². The molecule has 0 saturated heterocycles. The van der Waals surface area contributed by atoms with Gasteiger partial charge in [0.25, 0.3) is 0 Å². The molecule has 0 aliphatic heterocycles. The van der Waals surface area contributed by atoms with Crippen LogP contribution in [0.1, 0.15) is 60.3 Å². The first-order valence-electron chi connectivity index (χ1n) is 5.65. The summed E-state index contributed by atoms with van der Waals surface area (Å²) in [6.07, 6.45) is 5.09. The molecule has 0 saturated carbocycles. The van der Waals surface area contributed by atoms with Crippen LogP contribution < -0.4 is 0 Å². The zero-order valence-electron chi connectivity index (χ0n) is 10.1. The number of hydrogen-bond acceptors (Lipinski definition) is 0. The molecule has 0 rings (SSSR count). The van der Waals surface area contributed by atoms with Gasteiger partial charge in [0.15, 0.2) is 0 Å². The quantitative estimate of drug-likeness (QED) is 0.439. The van der Waals surface area contributed by atoms with Crippen molar-refractivity contribution in [2.75, 3.05) is 0 Å². The average molecular weight is 180 g/mol. The van der Waals surface area contributed by atoms with E-state index in [1.807, 2.05) is 0 Å². The van der Waals surface area contributed by atoms with Crippen LogP contribution in [0.5, 0.6) is 0 Å². The van der Waals surface area contributed by atoms with Crippen LogP contribution in [0.2, 0.25) is 5.82 Å². The summed E-state index contributed by atoms with van der Waals surface area (Å²) in [5.74, 6) is 0.996. The lowest BCUT2D eigenvalue weighted by Crippen LogP contribution is -2.22. The van der Waals surface area contributed by atoms with Gasteiger partial charge in [0, 0.05) is 0 Å². The monoisotopic (exact) mass is 180 g/mol. The summed E-state index contributed by atoms with van der Waals surface area (Å²) in [5, 5.41) is 0. The fraction of sp³-hybridized carbons (Fsp3) is 1.00. The molecule has 0 aromatic carbocycles. The van der Waals surface area contributed by atoms with Gasteiger partial charge in [-0.25, -0.2) is 0 Å². The predicted molar refractivity (Wildman–Crippen MR) is 62.3 cm³/mol. The largest absolute Gasteiger partial charge is 0.0744 e. The molecule has 0 nitrogen and oxygen atoms in total. The minimum absolute atomic E-state index is 0.353. The Morgan fingerprint density at radius 1 is 1.15 bits per heavy atom. The lowest BCUT2D eigenvalue weighted by molar-refractivity contribution is 0.241. The first-order chi connectivity index (χ1) is 5.89. The highest BCUT2D eigenvalue weighted by Crippen LogP contribution is 2.35. The van der Waals surface area contributed by atoms with Crippen LogP contribution in [0.25, 0.3) is 0 Å². The minimum Gasteiger partial charge on any atom is -0.0744 e. The zero-order chi connectivity index (χ0) is 10.5. The first kappa shape index (κ1) is 13.1. The molecular formula is C12H25B. The lowest BCUT2D eigenvalue weighted by atomic mass is 9.64. The van der Waals surface area contributed by atoms with Crippen molar-refractivity contribution in [2.24, 2.45) is 11.3 Å². The summed E-state index contributed by atoms with van der Waals surface area (Å²) in [5.41, 5.74) is 0.353. The van der Waals surface area contributed by atoms with Crippen LogP contribution in [0, 0.1) is 11.3 Å². The minimum atomic E-state index is 0.353. The molecule has 13 heavy (non-hydrogen) atoms. The molecule has 0 amide bonds. The van der Waals surface area contributed by atoms with Crippen molar-refractivity contribution in [1.29, 1.82) is 0 Å². The van der Waals surface area contributed by atoms with Crippen molar-refractivity contribution in [1.82, 2.24) is 0 Å². The molecule has 0 aromatic heterocycles. The topological polar surface area (TPSA) is 0 Å². The predicted octanol–water partition coefficient (Wildman–Crippen LogP) is 4.21. The van der Waals surface area contributed by atoms with Crippen LogP contribution in [0.3, 0.4) is 0 Å². The second-order valence-electron chi connectivity index (χ2n) is 5.31. The van der Waals surface area contributed by atoms with E-state index >= 15 is 0 Å². The Morgan fingerprint density at radius 3 is 2.08 bits per heavy atom. The molecule has 1 heteroatoms. The highest BCUT2D eigenvalue weighted by molar-refractivity contribution is 6.11. The Labute approximate surface area is 85.9 Å². The Kier molecular flexibility index (Phi) is 5.75. The SMILES string of the molecule is [B]C(CCCCC)C(C)C(C)(C)C. The van der Waals surface area contributed by atoms with Gasteiger partial charge in [0.1, 0.15) is 0 Å². The van der Waals surface area contributed by atoms with Crippen molar-refractivity contribution in [3.05, 3.63) is 0 Å². The van der Waals surface area contributed by atoms with E-state index in [1.165, 1.54) is 25.7 Å². The molecule has 0 bridgehead atoms. The molecule has 0 aliphatic rings. The van der Waals surface area contributed by atoms with Gasteiger partial charge in [-0.1, -0.05) is 66.1 Å². The van der Waals surface area contributed by atoms with E-state index in [0.717, 1.165) is 0 Å². The maximum atomic E-state index is 6.14. The summed E-state index contributed by atoms with van der Waals surface area (Å²) in [6.45, 7) is 11.3. The van der Waals surface area contributed by atoms with Gasteiger partial charge in [-0.05, 0) is 11.3 Å². The third kappa shape index (κ3) is 5.39. The summed E-state index contributed by atoms with van der Waals surface area (Å²) in [6, 6.07) is 0. The van der Waals surface area contributed by atoms with Gasteiger partial charge in [-0.3, -0.25) is 0 Å². The zero-order valence-corrected chi connectivity index (χ0v) is 10.1. The third-order valence-corrected chi connectivity index (χ3v) is 3.15. The van der Waals surface area contributed by atoms with Gasteiger partial charge < -0.3 is 0 Å². The van der Waals surface area contributed by atoms with Gasteiger partial charge in [0.05, 0.1) is 7.85 Å². The van der Waals surface area contributed by atoms with E-state index in [4.69, 9.17) is 7.85 Å². The van der Waals surface area contributed by atoms with Gasteiger partial charge in [-0.15, -0.1) is 0 Å². The third-order valence-electron chi connectivity index (χ3n) is 3.15. The standard InChI is InChI=1S/C12H25B/c1-6-7-8-9-11(13)10(2)12(3,4)5/h10-11H,6-9H2,1-5H3. The average Bonchev–Trinajstić information content (AvgIpc) is 2.01. The van der Waals surface area contributed by atoms with Gasteiger partial charge in [0.2, 0.25) is 0 Å². The Hall–Kier alpha value is 0.0649. The molecule has 2 atom stereocenters. The van der Waals surface area contributed by atoms with Crippen LogP contribution in [0.15, 0.2) is 0 Å². The Morgan fingerprint density at radius 2 is 1.69 bits per heavy atom. The molecule has 0 N–H and O–H groups in total. The van der Waals surface area contributed by atoms with E-state index in [-0.39, 0.29) is 0 Å². The molecule has 0 fully saturated rings. The molecule has 2 unspecified atom stereocenters. The van der Waals surface area contributed by atoms with Crippen molar-refractivity contribution in [3.63, 3.8) is 0 Å². The van der Waals surface area contributed by atoms with Gasteiger partial charge >= 0.3 is 0 Å². The lowest BCUT2D eigenvalue weighted by Gasteiger charge is -2.33. The van der Waals surface area contributed by atoms with E-state index in [2.05, 4.69) is 34.6 Å². The fourth-order valence-electron chi connectivity index (χ4n) is 1.52. The van der Waals surface area contributed by atoms with Crippen molar-refractivity contribution in [2.45, 2.75) is 66.1 Å². The van der Waals surface area contributed by atoms with E-state index in [9.17, 15) is 0 Å². The number of rotatable bonds is 5. The maximum Gasteiger partial charge on any atom is 0.0703 e. The highest BCUT2D eigenvalue weighted by atomic mass is 14.3. The van der Waals surface area contributed by atoms with Crippen LogP contribution >= 0.6 is 0 Å². The van der Waals surface area contributed by atoms with E-state index in [0.29, 0.717) is 17.2 Å². The fourth-order valence-corrected chi connectivity index (χ4v) is 1.52. The molecule has 0 aromatic rings.